The van der Waals surface area contributed by atoms with Gasteiger partial charge in [-0.2, -0.15) is 0 Å². The van der Waals surface area contributed by atoms with Crippen molar-refractivity contribution in [3.8, 4) is 5.75 Å². The third kappa shape index (κ3) is 7.05. The molecule has 0 spiro atoms. The zero-order valence-corrected chi connectivity index (χ0v) is 17.9. The molecule has 0 amide bonds. The number of rotatable bonds is 13. The molecule has 3 nitrogen and oxygen atoms in total. The molecule has 3 heteroatoms. The number of hydrogen-bond donors (Lipinski definition) is 1. The van der Waals surface area contributed by atoms with Crippen LogP contribution >= 0.6 is 0 Å². The van der Waals surface area contributed by atoms with E-state index in [1.807, 2.05) is 12.1 Å². The van der Waals surface area contributed by atoms with Crippen molar-refractivity contribution in [1.82, 2.24) is 0 Å². The first-order valence-electron chi connectivity index (χ1n) is 11.5. The molecular weight excluding hydrogens is 372 g/mol. The van der Waals surface area contributed by atoms with Gasteiger partial charge in [0.15, 0.2) is 0 Å². The third-order valence-electron chi connectivity index (χ3n) is 5.80. The van der Waals surface area contributed by atoms with E-state index in [0.717, 1.165) is 18.2 Å². The Hall–Kier alpha value is -2.55. The molecule has 0 aliphatic carbocycles. The van der Waals surface area contributed by atoms with Gasteiger partial charge >= 0.3 is 5.63 Å². The van der Waals surface area contributed by atoms with Gasteiger partial charge in [0, 0.05) is 6.42 Å². The summed E-state index contributed by atoms with van der Waals surface area (Å²) in [7, 11) is 0. The minimum atomic E-state index is -0.440. The van der Waals surface area contributed by atoms with E-state index in [1.54, 1.807) is 6.07 Å². The number of phenols is 1. The second-order valence-electron chi connectivity index (χ2n) is 8.26. The Morgan fingerprint density at radius 2 is 1.27 bits per heavy atom. The number of aromatic hydroxyl groups is 1. The molecule has 0 radical (unpaired) electrons. The summed E-state index contributed by atoms with van der Waals surface area (Å²) in [6.07, 6.45) is 14.7. The van der Waals surface area contributed by atoms with Crippen LogP contribution in [0.5, 0.6) is 5.75 Å². The standard InChI is InChI=1S/C27H34O3/c28-25-20-14-18-23-21-24(30-27(29)26(23)25)19-13-8-6-4-2-1-3-5-7-10-15-22-16-11-9-12-17-22/h9,11-12,14,16-18,20-21,28H,1-8,10,13,15,19H2. The first kappa shape index (κ1) is 22.1. The van der Waals surface area contributed by atoms with Crippen molar-refractivity contribution in [2.75, 3.05) is 0 Å². The minimum absolute atomic E-state index is 0.0102. The molecule has 0 atom stereocenters. The van der Waals surface area contributed by atoms with Crippen LogP contribution in [0.15, 0.2) is 63.8 Å². The highest BCUT2D eigenvalue weighted by Gasteiger charge is 2.08. The predicted octanol–water partition coefficient (Wildman–Crippen LogP) is 7.18. The summed E-state index contributed by atoms with van der Waals surface area (Å²) >= 11 is 0. The van der Waals surface area contributed by atoms with E-state index in [2.05, 4.69) is 30.3 Å². The number of aryl methyl sites for hydroxylation is 2. The first-order chi connectivity index (χ1) is 14.7. The van der Waals surface area contributed by atoms with Gasteiger partial charge in [0.2, 0.25) is 0 Å². The van der Waals surface area contributed by atoms with Gasteiger partial charge in [-0.1, -0.05) is 93.8 Å². The smallest absolute Gasteiger partial charge is 0.347 e. The van der Waals surface area contributed by atoms with Crippen LogP contribution < -0.4 is 5.63 Å². The summed E-state index contributed by atoms with van der Waals surface area (Å²) in [5.41, 5.74) is 1.02. The monoisotopic (exact) mass is 406 g/mol. The van der Waals surface area contributed by atoms with Crippen molar-refractivity contribution in [1.29, 1.82) is 0 Å². The SMILES string of the molecule is O=c1oc(CCCCCCCCCCCCc2ccccc2)cc2cccc(O)c12. The summed E-state index contributed by atoms with van der Waals surface area (Å²) in [6.45, 7) is 0. The van der Waals surface area contributed by atoms with E-state index < -0.39 is 5.63 Å². The second-order valence-corrected chi connectivity index (χ2v) is 8.26. The molecule has 0 aliphatic rings. The summed E-state index contributed by atoms with van der Waals surface area (Å²) in [5, 5.41) is 10.8. The zero-order chi connectivity index (χ0) is 21.0. The van der Waals surface area contributed by atoms with Crippen molar-refractivity contribution in [3.05, 3.63) is 76.3 Å². The molecule has 1 heterocycles. The van der Waals surface area contributed by atoms with Crippen LogP contribution in [0.3, 0.4) is 0 Å². The summed E-state index contributed by atoms with van der Waals surface area (Å²) in [5.74, 6) is 0.706. The molecular formula is C27H34O3. The summed E-state index contributed by atoms with van der Waals surface area (Å²) in [6, 6.07) is 17.8. The van der Waals surface area contributed by atoms with Crippen LogP contribution in [0.4, 0.5) is 0 Å². The van der Waals surface area contributed by atoms with E-state index in [-0.39, 0.29) is 11.1 Å². The molecule has 30 heavy (non-hydrogen) atoms. The van der Waals surface area contributed by atoms with Gasteiger partial charge in [-0.15, -0.1) is 0 Å². The van der Waals surface area contributed by atoms with Crippen LogP contribution in [-0.2, 0) is 12.8 Å². The van der Waals surface area contributed by atoms with Crippen LogP contribution in [0.1, 0.15) is 75.5 Å². The maximum absolute atomic E-state index is 12.1. The largest absolute Gasteiger partial charge is 0.507 e. The number of phenolic OH excluding ortho intramolecular Hbond substituents is 1. The molecule has 3 aromatic rings. The van der Waals surface area contributed by atoms with Crippen LogP contribution in [0, 0.1) is 0 Å². The van der Waals surface area contributed by atoms with Gasteiger partial charge in [-0.05, 0) is 42.3 Å². The molecule has 3 rings (SSSR count). The lowest BCUT2D eigenvalue weighted by Gasteiger charge is -2.05. The van der Waals surface area contributed by atoms with Gasteiger partial charge in [-0.25, -0.2) is 4.79 Å². The Morgan fingerprint density at radius 3 is 1.93 bits per heavy atom. The lowest BCUT2D eigenvalue weighted by atomic mass is 10.0. The quantitative estimate of drug-likeness (QED) is 0.306. The Bertz CT molecular complexity index is 943. The predicted molar refractivity (Wildman–Crippen MR) is 124 cm³/mol. The average Bonchev–Trinajstić information content (AvgIpc) is 2.75. The molecule has 160 valence electrons. The highest BCUT2D eigenvalue weighted by molar-refractivity contribution is 5.86. The Balaban J connectivity index is 1.20. The molecule has 1 N–H and O–H groups in total. The molecule has 0 saturated heterocycles. The molecule has 1 aromatic heterocycles. The normalized spacial score (nSPS) is 11.2. The lowest BCUT2D eigenvalue weighted by Crippen LogP contribution is -2.02. The number of fused-ring (bicyclic) bond motifs is 1. The van der Waals surface area contributed by atoms with Gasteiger partial charge in [-0.3, -0.25) is 0 Å². The summed E-state index contributed by atoms with van der Waals surface area (Å²) in [4.78, 5) is 12.1. The van der Waals surface area contributed by atoms with Crippen molar-refractivity contribution in [2.45, 2.75) is 77.0 Å². The zero-order valence-electron chi connectivity index (χ0n) is 17.9. The van der Waals surface area contributed by atoms with Gasteiger partial charge in [0.25, 0.3) is 0 Å². The van der Waals surface area contributed by atoms with Crippen molar-refractivity contribution < 1.29 is 9.52 Å². The van der Waals surface area contributed by atoms with Gasteiger partial charge < -0.3 is 9.52 Å². The fourth-order valence-corrected chi connectivity index (χ4v) is 4.08. The van der Waals surface area contributed by atoms with Gasteiger partial charge in [0.05, 0.1) is 0 Å². The van der Waals surface area contributed by atoms with E-state index in [1.165, 1.54) is 75.8 Å². The maximum atomic E-state index is 12.1. The van der Waals surface area contributed by atoms with E-state index in [0.29, 0.717) is 5.76 Å². The van der Waals surface area contributed by atoms with Crippen molar-refractivity contribution in [2.24, 2.45) is 0 Å². The fraction of sp³-hybridized carbons (Fsp3) is 0.444. The Morgan fingerprint density at radius 1 is 0.667 bits per heavy atom. The highest BCUT2D eigenvalue weighted by atomic mass is 16.4. The highest BCUT2D eigenvalue weighted by Crippen LogP contribution is 2.22. The second kappa shape index (κ2) is 12.2. The number of benzene rings is 2. The van der Waals surface area contributed by atoms with Crippen LogP contribution in [-0.4, -0.2) is 5.11 Å². The summed E-state index contributed by atoms with van der Waals surface area (Å²) < 4.78 is 5.38. The van der Waals surface area contributed by atoms with E-state index in [9.17, 15) is 9.90 Å². The fourth-order valence-electron chi connectivity index (χ4n) is 4.08. The van der Waals surface area contributed by atoms with E-state index in [4.69, 9.17) is 4.42 Å². The van der Waals surface area contributed by atoms with Crippen molar-refractivity contribution in [3.63, 3.8) is 0 Å². The number of unbranched alkanes of at least 4 members (excludes halogenated alkanes) is 9. The van der Waals surface area contributed by atoms with Crippen molar-refractivity contribution >= 4 is 10.8 Å². The average molecular weight is 407 g/mol. The van der Waals surface area contributed by atoms with E-state index >= 15 is 0 Å². The van der Waals surface area contributed by atoms with Crippen LogP contribution in [0.2, 0.25) is 0 Å². The third-order valence-corrected chi connectivity index (χ3v) is 5.80. The first-order valence-corrected chi connectivity index (χ1v) is 11.5. The molecule has 0 aliphatic heterocycles. The molecule has 0 bridgehead atoms. The lowest BCUT2D eigenvalue weighted by molar-refractivity contribution is 0.446. The Kier molecular flexibility index (Phi) is 9.02. The Labute approximate surface area is 179 Å². The molecule has 2 aromatic carbocycles. The minimum Gasteiger partial charge on any atom is -0.507 e. The molecule has 0 unspecified atom stereocenters. The van der Waals surface area contributed by atoms with Crippen LogP contribution in [0.25, 0.3) is 10.8 Å². The number of hydrogen-bond acceptors (Lipinski definition) is 3. The molecule has 0 saturated carbocycles. The maximum Gasteiger partial charge on any atom is 0.347 e. The van der Waals surface area contributed by atoms with Gasteiger partial charge in [0.1, 0.15) is 16.9 Å². The molecule has 0 fully saturated rings. The topological polar surface area (TPSA) is 50.4 Å².